The van der Waals surface area contributed by atoms with E-state index >= 15 is 0 Å². The highest BCUT2D eigenvalue weighted by atomic mass is 32.2. The van der Waals surface area contributed by atoms with Gasteiger partial charge in [0.05, 0.1) is 4.90 Å². The molecule has 1 aliphatic heterocycles. The summed E-state index contributed by atoms with van der Waals surface area (Å²) in [5.74, 6) is -0.286. The molecule has 120 valence electrons. The third-order valence-electron chi connectivity index (χ3n) is 3.52. The zero-order valence-electron chi connectivity index (χ0n) is 12.5. The van der Waals surface area contributed by atoms with Gasteiger partial charge in [0.1, 0.15) is 6.04 Å². The summed E-state index contributed by atoms with van der Waals surface area (Å²) in [5, 5.41) is 2.55. The fourth-order valence-corrected chi connectivity index (χ4v) is 3.22. The predicted molar refractivity (Wildman–Crippen MR) is 80.7 cm³/mol. The van der Waals surface area contributed by atoms with E-state index in [4.69, 9.17) is 0 Å². The van der Waals surface area contributed by atoms with Gasteiger partial charge in [-0.2, -0.15) is 0 Å². The molecule has 0 saturated carbocycles. The number of hydrogen-bond acceptors (Lipinski definition) is 4. The lowest BCUT2D eigenvalue weighted by atomic mass is 10.1. The first-order valence-electron chi connectivity index (χ1n) is 6.95. The summed E-state index contributed by atoms with van der Waals surface area (Å²) in [5.41, 5.74) is 0.985. The normalized spacial score (nSPS) is 18.6. The van der Waals surface area contributed by atoms with Gasteiger partial charge in [-0.25, -0.2) is 17.9 Å². The highest BCUT2D eigenvalue weighted by molar-refractivity contribution is 7.89. The van der Waals surface area contributed by atoms with Crippen LogP contribution in [0.1, 0.15) is 18.4 Å². The van der Waals surface area contributed by atoms with E-state index in [0.717, 1.165) is 10.5 Å². The van der Waals surface area contributed by atoms with Gasteiger partial charge in [-0.3, -0.25) is 9.69 Å². The van der Waals surface area contributed by atoms with Gasteiger partial charge in [-0.15, -0.1) is 0 Å². The number of carbonyl (C=O) groups excluding carboxylic acids is 2. The number of nitrogens with one attached hydrogen (secondary N) is 2. The van der Waals surface area contributed by atoms with E-state index in [1.165, 1.54) is 7.05 Å². The number of amides is 3. The van der Waals surface area contributed by atoms with Crippen molar-refractivity contribution in [3.05, 3.63) is 29.8 Å². The topological polar surface area (TPSA) is 95.6 Å². The number of benzene rings is 1. The van der Waals surface area contributed by atoms with Gasteiger partial charge < -0.3 is 5.32 Å². The number of likely N-dealkylation sites (N-methyl/N-ethyl adjacent to an activating group) is 1. The van der Waals surface area contributed by atoms with Gasteiger partial charge in [0, 0.05) is 13.6 Å². The summed E-state index contributed by atoms with van der Waals surface area (Å²) in [6.45, 7) is 2.09. The molecule has 3 amide bonds. The third-order valence-corrected chi connectivity index (χ3v) is 5.00. The molecular formula is C14H19N3O4S. The fraction of sp³-hybridized carbons (Fsp3) is 0.429. The second kappa shape index (κ2) is 6.45. The average molecular weight is 325 g/mol. The molecule has 22 heavy (non-hydrogen) atoms. The maximum atomic E-state index is 12.1. The molecule has 0 radical (unpaired) electrons. The standard InChI is InChI=1S/C14H19N3O4S/c1-10-5-7-11(8-6-10)22(20,21)15-9-3-4-12-13(18)17(2)14(19)16-12/h5-8,12,15H,3-4,9H2,1-2H3,(H,16,19)/t12-/m0/s1. The lowest BCUT2D eigenvalue weighted by Crippen LogP contribution is -2.31. The molecule has 1 aromatic carbocycles. The second-order valence-electron chi connectivity index (χ2n) is 5.25. The summed E-state index contributed by atoms with van der Waals surface area (Å²) in [7, 11) is -2.13. The molecule has 2 N–H and O–H groups in total. The zero-order valence-corrected chi connectivity index (χ0v) is 13.3. The molecule has 8 heteroatoms. The summed E-state index contributed by atoms with van der Waals surface area (Å²) < 4.78 is 26.6. The van der Waals surface area contributed by atoms with Crippen LogP contribution >= 0.6 is 0 Å². The van der Waals surface area contributed by atoms with Crippen LogP contribution in [0.3, 0.4) is 0 Å². The lowest BCUT2D eigenvalue weighted by Gasteiger charge is -2.09. The van der Waals surface area contributed by atoms with Gasteiger partial charge in [0.15, 0.2) is 0 Å². The zero-order chi connectivity index (χ0) is 16.3. The third kappa shape index (κ3) is 3.63. The first-order valence-corrected chi connectivity index (χ1v) is 8.44. The highest BCUT2D eigenvalue weighted by Crippen LogP contribution is 2.11. The smallest absolute Gasteiger partial charge is 0.324 e. The molecule has 1 heterocycles. The van der Waals surface area contributed by atoms with Crippen molar-refractivity contribution in [2.24, 2.45) is 0 Å². The molecule has 1 aliphatic rings. The highest BCUT2D eigenvalue weighted by Gasteiger charge is 2.34. The molecule has 7 nitrogen and oxygen atoms in total. The monoisotopic (exact) mass is 325 g/mol. The van der Waals surface area contributed by atoms with Gasteiger partial charge >= 0.3 is 6.03 Å². The number of hydrogen-bond donors (Lipinski definition) is 2. The number of urea groups is 1. The quantitative estimate of drug-likeness (QED) is 0.591. The minimum absolute atomic E-state index is 0.208. The predicted octanol–water partition coefficient (Wildman–Crippen LogP) is 0.604. The Balaban J connectivity index is 1.82. The molecule has 0 aliphatic carbocycles. The number of sulfonamides is 1. The van der Waals surface area contributed by atoms with E-state index in [9.17, 15) is 18.0 Å². The molecule has 0 bridgehead atoms. The van der Waals surface area contributed by atoms with Crippen molar-refractivity contribution in [2.45, 2.75) is 30.7 Å². The van der Waals surface area contributed by atoms with Crippen molar-refractivity contribution < 1.29 is 18.0 Å². The molecule has 1 aromatic rings. The molecular weight excluding hydrogens is 306 g/mol. The van der Waals surface area contributed by atoms with E-state index in [1.54, 1.807) is 24.3 Å². The average Bonchev–Trinajstić information content (AvgIpc) is 2.71. The van der Waals surface area contributed by atoms with E-state index in [0.29, 0.717) is 12.8 Å². The Bertz CT molecular complexity index is 670. The van der Waals surface area contributed by atoms with Crippen LogP contribution in [-0.4, -0.2) is 44.9 Å². The van der Waals surface area contributed by atoms with Crippen molar-refractivity contribution in [3.63, 3.8) is 0 Å². The minimum atomic E-state index is -3.54. The van der Waals surface area contributed by atoms with Crippen LogP contribution in [0.15, 0.2) is 29.2 Å². The van der Waals surface area contributed by atoms with E-state index in [1.807, 2.05) is 6.92 Å². The van der Waals surface area contributed by atoms with Crippen LogP contribution in [0.2, 0.25) is 0 Å². The van der Waals surface area contributed by atoms with Gasteiger partial charge in [0.25, 0.3) is 5.91 Å². The van der Waals surface area contributed by atoms with Crippen LogP contribution in [-0.2, 0) is 14.8 Å². The molecule has 1 saturated heterocycles. The van der Waals surface area contributed by atoms with Crippen molar-refractivity contribution in [1.82, 2.24) is 14.9 Å². The fourth-order valence-electron chi connectivity index (χ4n) is 2.15. The summed E-state index contributed by atoms with van der Waals surface area (Å²) in [6, 6.07) is 5.58. The van der Waals surface area contributed by atoms with Crippen molar-refractivity contribution in [2.75, 3.05) is 13.6 Å². The van der Waals surface area contributed by atoms with Crippen molar-refractivity contribution in [3.8, 4) is 0 Å². The Morgan fingerprint density at radius 1 is 1.23 bits per heavy atom. The van der Waals surface area contributed by atoms with Crippen LogP contribution < -0.4 is 10.0 Å². The summed E-state index contributed by atoms with van der Waals surface area (Å²) >= 11 is 0. The largest absolute Gasteiger partial charge is 0.326 e. The molecule has 0 unspecified atom stereocenters. The van der Waals surface area contributed by atoms with Gasteiger partial charge in [-0.1, -0.05) is 17.7 Å². The lowest BCUT2D eigenvalue weighted by molar-refractivity contribution is -0.126. The van der Waals surface area contributed by atoms with Gasteiger partial charge in [0.2, 0.25) is 10.0 Å². The molecule has 0 aromatic heterocycles. The maximum absolute atomic E-state index is 12.1. The maximum Gasteiger partial charge on any atom is 0.324 e. The van der Waals surface area contributed by atoms with Crippen molar-refractivity contribution >= 4 is 22.0 Å². The van der Waals surface area contributed by atoms with E-state index in [-0.39, 0.29) is 17.3 Å². The number of imide groups is 1. The SMILES string of the molecule is Cc1ccc(S(=O)(=O)NCCC[C@@H]2NC(=O)N(C)C2=O)cc1. The molecule has 1 fully saturated rings. The molecule has 1 atom stereocenters. The van der Waals surface area contributed by atoms with Crippen LogP contribution in [0.5, 0.6) is 0 Å². The summed E-state index contributed by atoms with van der Waals surface area (Å²) in [6.07, 6.45) is 0.848. The summed E-state index contributed by atoms with van der Waals surface area (Å²) in [4.78, 5) is 24.2. The Kier molecular flexibility index (Phi) is 4.82. The second-order valence-corrected chi connectivity index (χ2v) is 7.02. The van der Waals surface area contributed by atoms with Crippen molar-refractivity contribution in [1.29, 1.82) is 0 Å². The van der Waals surface area contributed by atoms with E-state index < -0.39 is 22.1 Å². The molecule has 0 spiro atoms. The Hall–Kier alpha value is -1.93. The van der Waals surface area contributed by atoms with Crippen LogP contribution in [0.4, 0.5) is 4.79 Å². The van der Waals surface area contributed by atoms with Gasteiger partial charge in [-0.05, 0) is 31.9 Å². The number of aryl methyl sites for hydroxylation is 1. The first-order chi connectivity index (χ1) is 10.3. The number of nitrogens with zero attached hydrogens (tertiary/aromatic N) is 1. The van der Waals surface area contributed by atoms with E-state index in [2.05, 4.69) is 10.0 Å². The Labute approximate surface area is 129 Å². The Morgan fingerprint density at radius 2 is 1.86 bits per heavy atom. The van der Waals surface area contributed by atoms with Crippen LogP contribution in [0, 0.1) is 6.92 Å². The minimum Gasteiger partial charge on any atom is -0.326 e. The number of carbonyl (C=O) groups is 2. The Morgan fingerprint density at radius 3 is 2.41 bits per heavy atom. The first kappa shape index (κ1) is 16.4. The van der Waals surface area contributed by atoms with Crippen LogP contribution in [0.25, 0.3) is 0 Å². The number of rotatable bonds is 6. The molecule has 2 rings (SSSR count).